The van der Waals surface area contributed by atoms with Crippen LogP contribution in [0, 0.1) is 0 Å². The maximum absolute atomic E-state index is 12.0. The zero-order valence-electron chi connectivity index (χ0n) is 14.9. The molecule has 0 bridgehead atoms. The van der Waals surface area contributed by atoms with Gasteiger partial charge in [-0.25, -0.2) is 4.79 Å². The minimum absolute atomic E-state index is 0.120. The highest BCUT2D eigenvalue weighted by Gasteiger charge is 2.15. The van der Waals surface area contributed by atoms with E-state index in [-0.39, 0.29) is 23.9 Å². The number of carbonyl (C=O) groups is 4. The van der Waals surface area contributed by atoms with Gasteiger partial charge in [-0.1, -0.05) is 6.07 Å². The highest BCUT2D eigenvalue weighted by Crippen LogP contribution is 2.14. The first kappa shape index (κ1) is 20.1. The molecule has 2 aromatic rings. The first-order valence-electron chi connectivity index (χ1n) is 7.97. The fourth-order valence-electron chi connectivity index (χ4n) is 1.99. The molecule has 0 radical (unpaired) electrons. The van der Waals surface area contributed by atoms with E-state index in [0.29, 0.717) is 10.6 Å². The van der Waals surface area contributed by atoms with E-state index in [1.54, 1.807) is 29.6 Å². The first-order valence-corrected chi connectivity index (χ1v) is 8.85. The summed E-state index contributed by atoms with van der Waals surface area (Å²) in [5.41, 5.74) is 0.775. The highest BCUT2D eigenvalue weighted by molar-refractivity contribution is 7.12. The van der Waals surface area contributed by atoms with Gasteiger partial charge in [0, 0.05) is 19.8 Å². The van der Waals surface area contributed by atoms with E-state index in [9.17, 15) is 19.2 Å². The summed E-state index contributed by atoms with van der Waals surface area (Å²) in [5, 5.41) is 6.93. The van der Waals surface area contributed by atoms with Crippen molar-refractivity contribution >= 4 is 40.7 Å². The molecule has 27 heavy (non-hydrogen) atoms. The van der Waals surface area contributed by atoms with Crippen molar-refractivity contribution in [3.8, 4) is 0 Å². The number of thiophene rings is 1. The number of hydrogen-bond donors (Lipinski definition) is 2. The van der Waals surface area contributed by atoms with Crippen LogP contribution < -0.4 is 10.6 Å². The summed E-state index contributed by atoms with van der Waals surface area (Å²) in [4.78, 5) is 48.8. The van der Waals surface area contributed by atoms with Crippen molar-refractivity contribution in [2.75, 3.05) is 32.6 Å². The van der Waals surface area contributed by atoms with Crippen LogP contribution in [0.4, 0.5) is 5.69 Å². The molecule has 1 heterocycles. The Kier molecular flexibility index (Phi) is 7.07. The number of likely N-dealkylation sites (N-methyl/N-ethyl adjacent to an activating group) is 2. The summed E-state index contributed by atoms with van der Waals surface area (Å²) in [6, 6.07) is 9.62. The van der Waals surface area contributed by atoms with Gasteiger partial charge in [-0.2, -0.15) is 0 Å². The van der Waals surface area contributed by atoms with Crippen molar-refractivity contribution in [3.05, 3.63) is 52.2 Å². The third kappa shape index (κ3) is 5.93. The molecule has 0 saturated carbocycles. The molecule has 9 heteroatoms. The molecular weight excluding hydrogens is 370 g/mol. The van der Waals surface area contributed by atoms with Gasteiger partial charge in [0.05, 0.1) is 17.0 Å². The summed E-state index contributed by atoms with van der Waals surface area (Å²) in [5.74, 6) is -1.72. The first-order chi connectivity index (χ1) is 12.9. The van der Waals surface area contributed by atoms with Crippen LogP contribution in [0.1, 0.15) is 20.0 Å². The van der Waals surface area contributed by atoms with Gasteiger partial charge >= 0.3 is 5.97 Å². The molecular formula is C18H19N3O5S. The van der Waals surface area contributed by atoms with E-state index >= 15 is 0 Å². The predicted octanol–water partition coefficient (Wildman–Crippen LogP) is 1.36. The minimum Gasteiger partial charge on any atom is -0.452 e. The fraction of sp³-hybridized carbons (Fsp3) is 0.222. The molecule has 0 saturated heterocycles. The summed E-state index contributed by atoms with van der Waals surface area (Å²) in [6.07, 6.45) is 0. The fourth-order valence-corrected chi connectivity index (χ4v) is 2.61. The summed E-state index contributed by atoms with van der Waals surface area (Å²) < 4.78 is 4.96. The number of anilines is 1. The van der Waals surface area contributed by atoms with E-state index < -0.39 is 18.5 Å². The summed E-state index contributed by atoms with van der Waals surface area (Å²) in [6.45, 7) is -0.589. The number of hydrogen-bond acceptors (Lipinski definition) is 6. The Morgan fingerprint density at radius 2 is 1.81 bits per heavy atom. The van der Waals surface area contributed by atoms with Crippen molar-refractivity contribution in [3.63, 3.8) is 0 Å². The van der Waals surface area contributed by atoms with Gasteiger partial charge < -0.3 is 20.3 Å². The number of nitrogens with one attached hydrogen (secondary N) is 2. The van der Waals surface area contributed by atoms with Crippen LogP contribution in [0.2, 0.25) is 0 Å². The molecule has 0 aliphatic heterocycles. The normalized spacial score (nSPS) is 10.0. The number of ether oxygens (including phenoxy) is 1. The van der Waals surface area contributed by atoms with Gasteiger partial charge in [0.2, 0.25) is 5.91 Å². The molecule has 0 aliphatic carbocycles. The molecule has 1 aromatic heterocycles. The van der Waals surface area contributed by atoms with Crippen LogP contribution in [0.25, 0.3) is 0 Å². The Morgan fingerprint density at radius 3 is 2.41 bits per heavy atom. The average molecular weight is 389 g/mol. The molecule has 2 N–H and O–H groups in total. The van der Waals surface area contributed by atoms with E-state index in [2.05, 4.69) is 10.6 Å². The Balaban J connectivity index is 1.85. The van der Waals surface area contributed by atoms with E-state index in [1.165, 1.54) is 37.6 Å². The van der Waals surface area contributed by atoms with Gasteiger partial charge in [0.15, 0.2) is 6.61 Å². The Bertz CT molecular complexity index is 818. The zero-order chi connectivity index (χ0) is 19.8. The van der Waals surface area contributed by atoms with Crippen LogP contribution in [0.5, 0.6) is 0 Å². The SMILES string of the molecule is CNC(=O)CN(C)C(=O)COC(=O)c1ccc(NC(=O)c2cccs2)cc1. The summed E-state index contributed by atoms with van der Waals surface area (Å²) >= 11 is 1.33. The van der Waals surface area contributed by atoms with Crippen LogP contribution in [-0.4, -0.2) is 55.8 Å². The van der Waals surface area contributed by atoms with Crippen LogP contribution in [0.3, 0.4) is 0 Å². The molecule has 0 aliphatic rings. The second kappa shape index (κ2) is 9.48. The average Bonchev–Trinajstić information content (AvgIpc) is 3.21. The second-order valence-electron chi connectivity index (χ2n) is 5.51. The highest BCUT2D eigenvalue weighted by atomic mass is 32.1. The number of rotatable bonds is 7. The molecule has 0 spiro atoms. The van der Waals surface area contributed by atoms with Crippen molar-refractivity contribution < 1.29 is 23.9 Å². The lowest BCUT2D eigenvalue weighted by Crippen LogP contribution is -2.39. The van der Waals surface area contributed by atoms with Gasteiger partial charge in [0.1, 0.15) is 0 Å². The number of nitrogens with zero attached hydrogens (tertiary/aromatic N) is 1. The molecule has 0 atom stereocenters. The van der Waals surface area contributed by atoms with Crippen molar-refractivity contribution in [2.45, 2.75) is 0 Å². The molecule has 3 amide bonds. The zero-order valence-corrected chi connectivity index (χ0v) is 15.7. The molecule has 1 aromatic carbocycles. The molecule has 0 unspecified atom stereocenters. The lowest BCUT2D eigenvalue weighted by Gasteiger charge is -2.15. The van der Waals surface area contributed by atoms with Gasteiger partial charge in [-0.15, -0.1) is 11.3 Å². The maximum atomic E-state index is 12.0. The Hall–Kier alpha value is -3.20. The van der Waals surface area contributed by atoms with Crippen LogP contribution in [-0.2, 0) is 14.3 Å². The monoisotopic (exact) mass is 389 g/mol. The third-order valence-corrected chi connectivity index (χ3v) is 4.40. The molecule has 142 valence electrons. The topological polar surface area (TPSA) is 105 Å². The lowest BCUT2D eigenvalue weighted by molar-refractivity contribution is -0.137. The van der Waals surface area contributed by atoms with E-state index in [4.69, 9.17) is 4.74 Å². The maximum Gasteiger partial charge on any atom is 0.338 e. The van der Waals surface area contributed by atoms with E-state index in [1.807, 2.05) is 0 Å². The van der Waals surface area contributed by atoms with Crippen molar-refractivity contribution in [1.29, 1.82) is 0 Å². The number of benzene rings is 1. The quantitative estimate of drug-likeness (QED) is 0.696. The molecule has 0 fully saturated rings. The van der Waals surface area contributed by atoms with Gasteiger partial charge in [0.25, 0.3) is 11.8 Å². The third-order valence-electron chi connectivity index (χ3n) is 3.54. The van der Waals surface area contributed by atoms with E-state index in [0.717, 1.165) is 4.90 Å². The van der Waals surface area contributed by atoms with Gasteiger partial charge in [-0.05, 0) is 35.7 Å². The largest absolute Gasteiger partial charge is 0.452 e. The van der Waals surface area contributed by atoms with Crippen LogP contribution >= 0.6 is 11.3 Å². The molecule has 8 nitrogen and oxygen atoms in total. The van der Waals surface area contributed by atoms with Crippen molar-refractivity contribution in [1.82, 2.24) is 10.2 Å². The summed E-state index contributed by atoms with van der Waals surface area (Å²) in [7, 11) is 2.91. The number of esters is 1. The molecule has 2 rings (SSSR count). The predicted molar refractivity (Wildman–Crippen MR) is 101 cm³/mol. The Labute approximate surface area is 160 Å². The van der Waals surface area contributed by atoms with Gasteiger partial charge in [-0.3, -0.25) is 14.4 Å². The lowest BCUT2D eigenvalue weighted by atomic mass is 10.2. The second-order valence-corrected chi connectivity index (χ2v) is 6.46. The van der Waals surface area contributed by atoms with Crippen LogP contribution in [0.15, 0.2) is 41.8 Å². The number of amides is 3. The van der Waals surface area contributed by atoms with Crippen molar-refractivity contribution in [2.24, 2.45) is 0 Å². The minimum atomic E-state index is -0.673. The standard InChI is InChI=1S/C18H19N3O5S/c1-19-15(22)10-21(2)16(23)11-26-18(25)12-5-7-13(8-6-12)20-17(24)14-4-3-9-27-14/h3-9H,10-11H2,1-2H3,(H,19,22)(H,20,24). The number of carbonyl (C=O) groups excluding carboxylic acids is 4. The smallest absolute Gasteiger partial charge is 0.338 e. The Morgan fingerprint density at radius 1 is 1.11 bits per heavy atom.